The van der Waals surface area contributed by atoms with Crippen molar-refractivity contribution in [2.75, 3.05) is 0 Å². The average molecular weight is 272 g/mol. The molecule has 0 saturated heterocycles. The lowest BCUT2D eigenvalue weighted by Gasteiger charge is -2.07. The van der Waals surface area contributed by atoms with Gasteiger partial charge in [-0.1, -0.05) is 48.5 Å². The molecule has 2 aromatic heterocycles. The van der Waals surface area contributed by atoms with E-state index in [1.165, 1.54) is 27.4 Å². The van der Waals surface area contributed by atoms with E-state index in [-0.39, 0.29) is 0 Å². The zero-order chi connectivity index (χ0) is 14.1. The molecule has 0 aliphatic rings. The predicted molar refractivity (Wildman–Crippen MR) is 87.4 cm³/mol. The highest BCUT2D eigenvalue weighted by atomic mass is 15.0. The van der Waals surface area contributed by atoms with Gasteiger partial charge in [-0.3, -0.25) is 4.98 Å². The molecule has 102 valence electrons. The number of aromatic nitrogens is 2. The van der Waals surface area contributed by atoms with E-state index >= 15 is 0 Å². The molecule has 2 heterocycles. The van der Waals surface area contributed by atoms with E-state index in [1.807, 2.05) is 12.4 Å². The van der Waals surface area contributed by atoms with Crippen LogP contribution in [0.1, 0.15) is 5.56 Å². The maximum Gasteiger partial charge on any atom is 0.0677 e. The van der Waals surface area contributed by atoms with Gasteiger partial charge < -0.3 is 4.57 Å². The van der Waals surface area contributed by atoms with Crippen LogP contribution in [-0.2, 0) is 13.0 Å². The summed E-state index contributed by atoms with van der Waals surface area (Å²) in [4.78, 5) is 4.30. The summed E-state index contributed by atoms with van der Waals surface area (Å²) in [5, 5.41) is 2.59. The SMILES string of the molecule is c1ccc(CCn2c3ccccc3c3ccncc32)cc1. The summed E-state index contributed by atoms with van der Waals surface area (Å²) in [5.74, 6) is 0. The first-order valence-electron chi connectivity index (χ1n) is 7.28. The molecule has 4 aromatic rings. The molecule has 0 bridgehead atoms. The number of rotatable bonds is 3. The molecule has 2 nitrogen and oxygen atoms in total. The number of fused-ring (bicyclic) bond motifs is 3. The van der Waals surface area contributed by atoms with Crippen LogP contribution in [0.2, 0.25) is 0 Å². The number of para-hydroxylation sites is 1. The Morgan fingerprint density at radius 1 is 0.762 bits per heavy atom. The fourth-order valence-electron chi connectivity index (χ4n) is 3.02. The van der Waals surface area contributed by atoms with Gasteiger partial charge in [-0.15, -0.1) is 0 Å². The molecule has 0 unspecified atom stereocenters. The minimum atomic E-state index is 0.972. The first-order valence-corrected chi connectivity index (χ1v) is 7.28. The summed E-state index contributed by atoms with van der Waals surface area (Å²) in [6.45, 7) is 0.972. The van der Waals surface area contributed by atoms with Gasteiger partial charge >= 0.3 is 0 Å². The van der Waals surface area contributed by atoms with Gasteiger partial charge in [0.2, 0.25) is 0 Å². The predicted octanol–water partition coefficient (Wildman–Crippen LogP) is 4.43. The van der Waals surface area contributed by atoms with Crippen molar-refractivity contribution in [1.82, 2.24) is 9.55 Å². The molecule has 0 aliphatic carbocycles. The monoisotopic (exact) mass is 272 g/mol. The Hall–Kier alpha value is -2.61. The number of aryl methyl sites for hydroxylation is 2. The largest absolute Gasteiger partial charge is 0.339 e. The second-order valence-corrected chi connectivity index (χ2v) is 5.30. The smallest absolute Gasteiger partial charge is 0.0677 e. The number of pyridine rings is 1. The van der Waals surface area contributed by atoms with Gasteiger partial charge in [0.1, 0.15) is 0 Å². The molecule has 2 aromatic carbocycles. The van der Waals surface area contributed by atoms with Gasteiger partial charge in [-0.25, -0.2) is 0 Å². The van der Waals surface area contributed by atoms with E-state index in [1.54, 1.807) is 0 Å². The van der Waals surface area contributed by atoms with Crippen LogP contribution in [0.25, 0.3) is 21.8 Å². The molecule has 0 aliphatic heterocycles. The summed E-state index contributed by atoms with van der Waals surface area (Å²) in [5.41, 5.74) is 3.87. The van der Waals surface area contributed by atoms with E-state index in [2.05, 4.69) is 70.2 Å². The van der Waals surface area contributed by atoms with Crippen molar-refractivity contribution >= 4 is 21.8 Å². The third-order valence-corrected chi connectivity index (χ3v) is 4.04. The second kappa shape index (κ2) is 5.06. The lowest BCUT2D eigenvalue weighted by molar-refractivity contribution is 0.744. The van der Waals surface area contributed by atoms with Crippen molar-refractivity contribution in [1.29, 1.82) is 0 Å². The third-order valence-electron chi connectivity index (χ3n) is 4.04. The standard InChI is InChI=1S/C19H16N2/c1-2-6-15(7-3-1)11-13-21-18-9-5-4-8-16(18)17-10-12-20-14-19(17)21/h1-10,12,14H,11,13H2. The van der Waals surface area contributed by atoms with Crippen molar-refractivity contribution in [2.45, 2.75) is 13.0 Å². The van der Waals surface area contributed by atoms with Crippen LogP contribution in [0.3, 0.4) is 0 Å². The van der Waals surface area contributed by atoms with Gasteiger partial charge in [0.05, 0.1) is 11.7 Å². The topological polar surface area (TPSA) is 17.8 Å². The van der Waals surface area contributed by atoms with Crippen molar-refractivity contribution in [3.05, 3.63) is 78.6 Å². The van der Waals surface area contributed by atoms with Crippen molar-refractivity contribution in [3.63, 3.8) is 0 Å². The van der Waals surface area contributed by atoms with Crippen LogP contribution in [0.15, 0.2) is 73.1 Å². The Kier molecular flexibility index (Phi) is 2.93. The van der Waals surface area contributed by atoms with E-state index < -0.39 is 0 Å². The summed E-state index contributed by atoms with van der Waals surface area (Å²) in [6.07, 6.45) is 4.88. The van der Waals surface area contributed by atoms with E-state index in [0.29, 0.717) is 0 Å². The lowest BCUT2D eigenvalue weighted by Crippen LogP contribution is -2.01. The molecule has 0 N–H and O–H groups in total. The molecule has 0 fully saturated rings. The maximum atomic E-state index is 4.30. The fraction of sp³-hybridized carbons (Fsp3) is 0.105. The lowest BCUT2D eigenvalue weighted by atomic mass is 10.1. The second-order valence-electron chi connectivity index (χ2n) is 5.30. The highest BCUT2D eigenvalue weighted by molar-refractivity contribution is 6.07. The molecule has 0 amide bonds. The molecule has 21 heavy (non-hydrogen) atoms. The Labute approximate surface area is 123 Å². The molecular weight excluding hydrogens is 256 g/mol. The van der Waals surface area contributed by atoms with Crippen molar-refractivity contribution < 1.29 is 0 Å². The first-order chi connectivity index (χ1) is 10.4. The highest BCUT2D eigenvalue weighted by Gasteiger charge is 2.09. The number of hydrogen-bond donors (Lipinski definition) is 0. The molecule has 0 radical (unpaired) electrons. The Balaban J connectivity index is 1.82. The maximum absolute atomic E-state index is 4.30. The van der Waals surface area contributed by atoms with E-state index in [0.717, 1.165) is 13.0 Å². The molecule has 0 atom stereocenters. The van der Waals surface area contributed by atoms with Crippen LogP contribution in [0.4, 0.5) is 0 Å². The molecule has 0 saturated carbocycles. The van der Waals surface area contributed by atoms with Gasteiger partial charge in [0.15, 0.2) is 0 Å². The summed E-state index contributed by atoms with van der Waals surface area (Å²) in [7, 11) is 0. The highest BCUT2D eigenvalue weighted by Crippen LogP contribution is 2.28. The van der Waals surface area contributed by atoms with Gasteiger partial charge in [-0.2, -0.15) is 0 Å². The molecule has 2 heteroatoms. The minimum absolute atomic E-state index is 0.972. The van der Waals surface area contributed by atoms with Crippen LogP contribution < -0.4 is 0 Å². The normalized spacial score (nSPS) is 11.2. The van der Waals surface area contributed by atoms with Crippen LogP contribution in [0.5, 0.6) is 0 Å². The van der Waals surface area contributed by atoms with Gasteiger partial charge in [0, 0.05) is 29.0 Å². The first kappa shape index (κ1) is 12.2. The zero-order valence-corrected chi connectivity index (χ0v) is 11.7. The van der Waals surface area contributed by atoms with Crippen LogP contribution in [0, 0.1) is 0 Å². The third kappa shape index (κ3) is 2.09. The number of hydrogen-bond acceptors (Lipinski definition) is 1. The summed E-state index contributed by atoms with van der Waals surface area (Å²) in [6, 6.07) is 21.3. The summed E-state index contributed by atoms with van der Waals surface area (Å²) < 4.78 is 2.38. The zero-order valence-electron chi connectivity index (χ0n) is 11.7. The van der Waals surface area contributed by atoms with Crippen molar-refractivity contribution in [3.8, 4) is 0 Å². The van der Waals surface area contributed by atoms with Crippen LogP contribution in [-0.4, -0.2) is 9.55 Å². The molecule has 0 spiro atoms. The minimum Gasteiger partial charge on any atom is -0.339 e. The molecular formula is C19H16N2. The quantitative estimate of drug-likeness (QED) is 0.539. The Morgan fingerprint density at radius 3 is 2.43 bits per heavy atom. The Morgan fingerprint density at radius 2 is 1.52 bits per heavy atom. The fourth-order valence-corrected chi connectivity index (χ4v) is 3.02. The van der Waals surface area contributed by atoms with Crippen molar-refractivity contribution in [2.24, 2.45) is 0 Å². The van der Waals surface area contributed by atoms with E-state index in [9.17, 15) is 0 Å². The summed E-state index contributed by atoms with van der Waals surface area (Å²) >= 11 is 0. The van der Waals surface area contributed by atoms with Gasteiger partial charge in [-0.05, 0) is 24.1 Å². The number of benzene rings is 2. The van der Waals surface area contributed by atoms with E-state index in [4.69, 9.17) is 0 Å². The Bertz CT molecular complexity index is 838. The van der Waals surface area contributed by atoms with Gasteiger partial charge in [0.25, 0.3) is 0 Å². The van der Waals surface area contributed by atoms with Crippen LogP contribution >= 0.6 is 0 Å². The number of nitrogens with zero attached hydrogens (tertiary/aromatic N) is 2. The average Bonchev–Trinajstić information content (AvgIpc) is 2.88. The molecule has 4 rings (SSSR count).